The van der Waals surface area contributed by atoms with Crippen molar-refractivity contribution in [1.29, 1.82) is 0 Å². The Bertz CT molecular complexity index is 183. The molecule has 1 aliphatic carbocycles. The molecule has 16 heavy (non-hydrogen) atoms. The monoisotopic (exact) mass is 227 g/mol. The Morgan fingerprint density at radius 1 is 1.12 bits per heavy atom. The molecule has 0 amide bonds. The Hall–Kier alpha value is -0.0800. The number of rotatable bonds is 5. The van der Waals surface area contributed by atoms with Crippen LogP contribution in [0.4, 0.5) is 0 Å². The average Bonchev–Trinajstić information content (AvgIpc) is 2.12. The lowest BCUT2D eigenvalue weighted by Gasteiger charge is -2.32. The summed E-state index contributed by atoms with van der Waals surface area (Å²) in [6.07, 6.45) is 4.65. The summed E-state index contributed by atoms with van der Waals surface area (Å²) in [5.74, 6) is 2.26. The van der Waals surface area contributed by atoms with Gasteiger partial charge in [-0.15, -0.1) is 0 Å². The quantitative estimate of drug-likeness (QED) is 0.757. The molecular weight excluding hydrogens is 198 g/mol. The Morgan fingerprint density at radius 3 is 2.19 bits per heavy atom. The highest BCUT2D eigenvalue weighted by Crippen LogP contribution is 2.28. The van der Waals surface area contributed by atoms with Gasteiger partial charge in [0.1, 0.15) is 0 Å². The number of nitrogens with one attached hydrogen (secondary N) is 1. The first-order chi connectivity index (χ1) is 7.47. The molecule has 96 valence electrons. The molecule has 2 heteroatoms. The first kappa shape index (κ1) is 14.0. The van der Waals surface area contributed by atoms with E-state index in [4.69, 9.17) is 0 Å². The maximum absolute atomic E-state index is 9.82. The Labute approximate surface area is 101 Å². The maximum atomic E-state index is 9.82. The van der Waals surface area contributed by atoms with Crippen LogP contribution in [-0.4, -0.2) is 23.8 Å². The van der Waals surface area contributed by atoms with E-state index >= 15 is 0 Å². The molecule has 0 spiro atoms. The van der Waals surface area contributed by atoms with Gasteiger partial charge in [0.25, 0.3) is 0 Å². The van der Waals surface area contributed by atoms with Crippen molar-refractivity contribution in [2.75, 3.05) is 6.54 Å². The summed E-state index contributed by atoms with van der Waals surface area (Å²) in [7, 11) is 0. The minimum atomic E-state index is -0.174. The second-order valence-electron chi connectivity index (χ2n) is 6.31. The summed E-state index contributed by atoms with van der Waals surface area (Å²) < 4.78 is 0. The topological polar surface area (TPSA) is 32.3 Å². The van der Waals surface area contributed by atoms with Crippen molar-refractivity contribution in [3.63, 3.8) is 0 Å². The van der Waals surface area contributed by atoms with Gasteiger partial charge in [-0.25, -0.2) is 0 Å². The summed E-state index contributed by atoms with van der Waals surface area (Å²) in [4.78, 5) is 0. The second kappa shape index (κ2) is 6.61. The molecule has 0 aromatic rings. The van der Waals surface area contributed by atoms with Crippen LogP contribution < -0.4 is 5.32 Å². The van der Waals surface area contributed by atoms with Crippen LogP contribution in [0.1, 0.15) is 53.4 Å². The van der Waals surface area contributed by atoms with Crippen LogP contribution in [0.15, 0.2) is 0 Å². The van der Waals surface area contributed by atoms with Crippen LogP contribution in [-0.2, 0) is 0 Å². The summed E-state index contributed by atoms with van der Waals surface area (Å²) in [5.41, 5.74) is 0. The molecule has 1 rings (SSSR count). The lowest BCUT2D eigenvalue weighted by atomic mass is 9.80. The number of aliphatic hydroxyl groups excluding tert-OH is 1. The van der Waals surface area contributed by atoms with Crippen LogP contribution >= 0.6 is 0 Å². The fourth-order valence-electron chi connectivity index (χ4n) is 3.04. The molecule has 0 bridgehead atoms. The molecule has 0 saturated heterocycles. The van der Waals surface area contributed by atoms with Gasteiger partial charge in [0, 0.05) is 12.6 Å². The van der Waals surface area contributed by atoms with Crippen molar-refractivity contribution in [2.24, 2.45) is 17.8 Å². The number of hydrogen-bond acceptors (Lipinski definition) is 2. The summed E-state index contributed by atoms with van der Waals surface area (Å²) in [6.45, 7) is 9.77. The van der Waals surface area contributed by atoms with Crippen molar-refractivity contribution in [2.45, 2.75) is 65.5 Å². The van der Waals surface area contributed by atoms with Gasteiger partial charge in [-0.2, -0.15) is 0 Å². The van der Waals surface area contributed by atoms with Gasteiger partial charge in [0.15, 0.2) is 0 Å². The smallest absolute Gasteiger partial charge is 0.0667 e. The van der Waals surface area contributed by atoms with Crippen LogP contribution in [0.2, 0.25) is 0 Å². The van der Waals surface area contributed by atoms with E-state index in [0.29, 0.717) is 12.0 Å². The summed E-state index contributed by atoms with van der Waals surface area (Å²) in [5, 5.41) is 13.4. The van der Waals surface area contributed by atoms with Gasteiger partial charge >= 0.3 is 0 Å². The molecule has 0 aromatic heterocycles. The van der Waals surface area contributed by atoms with E-state index in [-0.39, 0.29) is 6.10 Å². The van der Waals surface area contributed by atoms with Crippen LogP contribution in [0.25, 0.3) is 0 Å². The molecule has 0 heterocycles. The van der Waals surface area contributed by atoms with Crippen LogP contribution in [0, 0.1) is 17.8 Å². The third-order valence-electron chi connectivity index (χ3n) is 3.56. The van der Waals surface area contributed by atoms with E-state index in [1.54, 1.807) is 0 Å². The van der Waals surface area contributed by atoms with Crippen LogP contribution in [0.5, 0.6) is 0 Å². The zero-order valence-electron chi connectivity index (χ0n) is 11.4. The molecule has 0 aromatic carbocycles. The minimum Gasteiger partial charge on any atom is -0.392 e. The van der Waals surface area contributed by atoms with E-state index in [0.717, 1.165) is 24.8 Å². The first-order valence-corrected chi connectivity index (χ1v) is 6.88. The van der Waals surface area contributed by atoms with Gasteiger partial charge in [-0.1, -0.05) is 27.7 Å². The van der Waals surface area contributed by atoms with Crippen molar-refractivity contribution < 1.29 is 5.11 Å². The normalized spacial score (nSPS) is 33.0. The predicted molar refractivity (Wildman–Crippen MR) is 69.4 cm³/mol. The summed E-state index contributed by atoms with van der Waals surface area (Å²) >= 11 is 0. The second-order valence-corrected chi connectivity index (χ2v) is 6.31. The van der Waals surface area contributed by atoms with E-state index in [1.165, 1.54) is 19.3 Å². The highest BCUT2D eigenvalue weighted by atomic mass is 16.3. The minimum absolute atomic E-state index is 0.174. The van der Waals surface area contributed by atoms with Gasteiger partial charge in [0.2, 0.25) is 0 Å². The van der Waals surface area contributed by atoms with Gasteiger partial charge in [-0.3, -0.25) is 0 Å². The van der Waals surface area contributed by atoms with E-state index < -0.39 is 0 Å². The van der Waals surface area contributed by atoms with Crippen LogP contribution in [0.3, 0.4) is 0 Å². The van der Waals surface area contributed by atoms with Crippen molar-refractivity contribution in [3.8, 4) is 0 Å². The number of aliphatic hydroxyl groups is 1. The molecule has 1 saturated carbocycles. The third kappa shape index (κ3) is 5.31. The Morgan fingerprint density at radius 2 is 1.69 bits per heavy atom. The zero-order valence-corrected chi connectivity index (χ0v) is 11.4. The zero-order chi connectivity index (χ0) is 12.1. The summed E-state index contributed by atoms with van der Waals surface area (Å²) in [6, 6.07) is 0.626. The molecule has 1 fully saturated rings. The third-order valence-corrected chi connectivity index (χ3v) is 3.56. The Balaban J connectivity index is 2.21. The molecular formula is C14H29NO. The van der Waals surface area contributed by atoms with E-state index in [2.05, 4.69) is 33.0 Å². The molecule has 2 nitrogen and oxygen atoms in total. The average molecular weight is 227 g/mol. The van der Waals surface area contributed by atoms with Gasteiger partial charge < -0.3 is 10.4 Å². The number of hydrogen-bond donors (Lipinski definition) is 2. The molecule has 3 unspecified atom stereocenters. The first-order valence-electron chi connectivity index (χ1n) is 6.88. The standard InChI is InChI=1S/C14H29NO/c1-10(2)5-14(16)9-15-13-7-11(3)6-12(4)8-13/h10-16H,5-9H2,1-4H3. The highest BCUT2D eigenvalue weighted by molar-refractivity contribution is 4.80. The van der Waals surface area contributed by atoms with Crippen molar-refractivity contribution >= 4 is 0 Å². The van der Waals surface area contributed by atoms with Crippen molar-refractivity contribution in [3.05, 3.63) is 0 Å². The Kier molecular flexibility index (Phi) is 5.77. The predicted octanol–water partition coefficient (Wildman–Crippen LogP) is 2.81. The largest absolute Gasteiger partial charge is 0.392 e. The lowest BCUT2D eigenvalue weighted by Crippen LogP contribution is -2.40. The molecule has 0 aliphatic heterocycles. The fourth-order valence-corrected chi connectivity index (χ4v) is 3.04. The highest BCUT2D eigenvalue weighted by Gasteiger charge is 2.23. The molecule has 0 radical (unpaired) electrons. The van der Waals surface area contributed by atoms with E-state index in [9.17, 15) is 5.11 Å². The fraction of sp³-hybridized carbons (Fsp3) is 1.00. The van der Waals surface area contributed by atoms with Gasteiger partial charge in [0.05, 0.1) is 6.10 Å². The van der Waals surface area contributed by atoms with Gasteiger partial charge in [-0.05, 0) is 43.4 Å². The lowest BCUT2D eigenvalue weighted by molar-refractivity contribution is 0.133. The maximum Gasteiger partial charge on any atom is 0.0667 e. The van der Waals surface area contributed by atoms with Crippen molar-refractivity contribution in [1.82, 2.24) is 5.32 Å². The molecule has 2 N–H and O–H groups in total. The SMILES string of the molecule is CC(C)CC(O)CNC1CC(C)CC(C)C1. The molecule has 1 aliphatic rings. The molecule has 3 atom stereocenters. The van der Waals surface area contributed by atoms with E-state index in [1.807, 2.05) is 0 Å².